The van der Waals surface area contributed by atoms with Crippen molar-refractivity contribution in [2.45, 2.75) is 56.0 Å². The Kier molecular flexibility index (Phi) is 7.19. The number of fused-ring (bicyclic) bond motifs is 2. The van der Waals surface area contributed by atoms with E-state index in [1.807, 2.05) is 19.1 Å². The number of carbonyl (C=O) groups excluding carboxylic acids is 1. The highest BCUT2D eigenvalue weighted by molar-refractivity contribution is 7.89. The second-order valence-electron chi connectivity index (χ2n) is 10.1. The molecule has 9 nitrogen and oxygen atoms in total. The molecular formula is C28H33N3O6S. The Bertz CT molecular complexity index is 1540. The van der Waals surface area contributed by atoms with Crippen LogP contribution >= 0.6 is 0 Å². The number of aromatic nitrogens is 1. The van der Waals surface area contributed by atoms with Crippen LogP contribution < -0.4 is 20.2 Å². The van der Waals surface area contributed by atoms with Crippen molar-refractivity contribution in [3.63, 3.8) is 0 Å². The Balaban J connectivity index is 1.44. The van der Waals surface area contributed by atoms with E-state index in [1.165, 1.54) is 22.6 Å². The van der Waals surface area contributed by atoms with Gasteiger partial charge in [-0.1, -0.05) is 25.3 Å². The lowest BCUT2D eigenvalue weighted by Gasteiger charge is -2.30. The molecule has 2 aromatic carbocycles. The van der Waals surface area contributed by atoms with E-state index in [2.05, 4.69) is 5.32 Å². The fraction of sp³-hybridized carbons (Fsp3) is 0.429. The number of pyridine rings is 1. The molecular weight excluding hydrogens is 506 g/mol. The van der Waals surface area contributed by atoms with Gasteiger partial charge in [-0.25, -0.2) is 8.42 Å². The third-order valence-corrected chi connectivity index (χ3v) is 9.49. The van der Waals surface area contributed by atoms with Gasteiger partial charge in [0, 0.05) is 31.7 Å². The Morgan fingerprint density at radius 2 is 1.76 bits per heavy atom. The van der Waals surface area contributed by atoms with Crippen molar-refractivity contribution in [1.29, 1.82) is 0 Å². The highest BCUT2D eigenvalue weighted by Crippen LogP contribution is 2.33. The molecule has 38 heavy (non-hydrogen) atoms. The van der Waals surface area contributed by atoms with Gasteiger partial charge >= 0.3 is 0 Å². The summed E-state index contributed by atoms with van der Waals surface area (Å²) in [5, 5.41) is 3.07. The molecule has 1 amide bonds. The second-order valence-corrected chi connectivity index (χ2v) is 12.1. The number of hydrogen-bond donors (Lipinski definition) is 1. The molecule has 5 rings (SSSR count). The first kappa shape index (κ1) is 26.2. The van der Waals surface area contributed by atoms with E-state index < -0.39 is 27.4 Å². The smallest absolute Gasteiger partial charge is 0.257 e. The summed E-state index contributed by atoms with van der Waals surface area (Å²) in [6.45, 7) is 2.77. The van der Waals surface area contributed by atoms with Gasteiger partial charge in [0.2, 0.25) is 15.5 Å². The highest BCUT2D eigenvalue weighted by Gasteiger charge is 2.30. The van der Waals surface area contributed by atoms with Crippen LogP contribution in [0.15, 0.2) is 52.3 Å². The van der Waals surface area contributed by atoms with Crippen molar-refractivity contribution < 1.29 is 22.7 Å². The number of benzene rings is 2. The molecule has 1 saturated carbocycles. The van der Waals surface area contributed by atoms with Crippen LogP contribution in [-0.4, -0.2) is 49.5 Å². The maximum absolute atomic E-state index is 13.5. The van der Waals surface area contributed by atoms with Crippen LogP contribution in [0.1, 0.15) is 61.0 Å². The minimum atomic E-state index is -3.79. The molecule has 1 fully saturated rings. The van der Waals surface area contributed by atoms with E-state index >= 15 is 0 Å². The normalized spacial score (nSPS) is 16.9. The molecule has 202 valence electrons. The number of nitrogens with zero attached hydrogens (tertiary/aromatic N) is 2. The largest absolute Gasteiger partial charge is 0.486 e. The molecule has 1 unspecified atom stereocenters. The zero-order valence-electron chi connectivity index (χ0n) is 21.9. The summed E-state index contributed by atoms with van der Waals surface area (Å²) in [5.74, 6) is 0.729. The first-order chi connectivity index (χ1) is 18.2. The lowest BCUT2D eigenvalue weighted by molar-refractivity contribution is 0.0938. The summed E-state index contributed by atoms with van der Waals surface area (Å²) < 4.78 is 41.1. The van der Waals surface area contributed by atoms with Crippen molar-refractivity contribution in [2.75, 3.05) is 20.3 Å². The Morgan fingerprint density at radius 1 is 1.05 bits per heavy atom. The summed E-state index contributed by atoms with van der Waals surface area (Å²) in [4.78, 5) is 26.7. The van der Waals surface area contributed by atoms with Gasteiger partial charge in [0.25, 0.3) is 5.91 Å². The van der Waals surface area contributed by atoms with E-state index in [-0.39, 0.29) is 21.9 Å². The monoisotopic (exact) mass is 539 g/mol. The van der Waals surface area contributed by atoms with Crippen molar-refractivity contribution in [3.8, 4) is 11.5 Å². The molecule has 0 spiro atoms. The summed E-state index contributed by atoms with van der Waals surface area (Å²) in [6, 6.07) is 9.55. The molecule has 0 bridgehead atoms. The van der Waals surface area contributed by atoms with Crippen molar-refractivity contribution in [2.24, 2.45) is 7.05 Å². The number of amides is 1. The fourth-order valence-electron chi connectivity index (χ4n) is 5.29. The average molecular weight is 540 g/mol. The van der Waals surface area contributed by atoms with Gasteiger partial charge in [-0.05, 0) is 55.7 Å². The maximum Gasteiger partial charge on any atom is 0.257 e. The number of carbonyl (C=O) groups is 1. The van der Waals surface area contributed by atoms with Gasteiger partial charge in [-0.3, -0.25) is 9.59 Å². The predicted octanol–water partition coefficient (Wildman–Crippen LogP) is 3.75. The van der Waals surface area contributed by atoms with Gasteiger partial charge in [0.1, 0.15) is 18.8 Å². The van der Waals surface area contributed by atoms with Crippen LogP contribution in [0.2, 0.25) is 0 Å². The Labute approximate surface area is 222 Å². The predicted molar refractivity (Wildman–Crippen MR) is 144 cm³/mol. The molecule has 1 N–H and O–H groups in total. The topological polar surface area (TPSA) is 107 Å². The molecule has 1 aliphatic heterocycles. The number of sulfonamides is 1. The van der Waals surface area contributed by atoms with Crippen LogP contribution in [0.25, 0.3) is 10.9 Å². The molecule has 2 heterocycles. The lowest BCUT2D eigenvalue weighted by Crippen LogP contribution is -2.38. The maximum atomic E-state index is 13.5. The summed E-state index contributed by atoms with van der Waals surface area (Å²) in [6.07, 6.45) is 6.28. The number of ether oxygens (including phenoxy) is 2. The number of aryl methyl sites for hydroxylation is 1. The number of nitrogens with one attached hydrogen (secondary N) is 1. The average Bonchev–Trinajstić information content (AvgIpc) is 2.94. The van der Waals surface area contributed by atoms with Crippen LogP contribution in [0.5, 0.6) is 11.5 Å². The minimum Gasteiger partial charge on any atom is -0.486 e. The zero-order chi connectivity index (χ0) is 27.0. The van der Waals surface area contributed by atoms with Crippen LogP contribution in [0.4, 0.5) is 0 Å². The fourth-order valence-corrected chi connectivity index (χ4v) is 6.73. The van der Waals surface area contributed by atoms with Crippen LogP contribution in [0, 0.1) is 0 Å². The Morgan fingerprint density at radius 3 is 2.50 bits per heavy atom. The van der Waals surface area contributed by atoms with E-state index in [9.17, 15) is 18.0 Å². The molecule has 1 aromatic heterocycles. The third-order valence-electron chi connectivity index (χ3n) is 7.58. The molecule has 1 aliphatic carbocycles. The molecule has 3 aromatic rings. The number of rotatable bonds is 6. The van der Waals surface area contributed by atoms with Gasteiger partial charge < -0.3 is 19.4 Å². The summed E-state index contributed by atoms with van der Waals surface area (Å²) in [5.41, 5.74) is 0.784. The first-order valence-corrected chi connectivity index (χ1v) is 14.4. The van der Waals surface area contributed by atoms with E-state index in [1.54, 1.807) is 30.8 Å². The van der Waals surface area contributed by atoms with Crippen LogP contribution in [0.3, 0.4) is 0 Å². The summed E-state index contributed by atoms with van der Waals surface area (Å²) >= 11 is 0. The van der Waals surface area contributed by atoms with Gasteiger partial charge in [0.05, 0.1) is 16.5 Å². The van der Waals surface area contributed by atoms with E-state index in [0.717, 1.165) is 37.7 Å². The van der Waals surface area contributed by atoms with Crippen molar-refractivity contribution in [3.05, 3.63) is 63.9 Å². The minimum absolute atomic E-state index is 0.0496. The second kappa shape index (κ2) is 10.4. The Hall–Kier alpha value is -3.37. The molecule has 0 radical (unpaired) electrons. The van der Waals surface area contributed by atoms with E-state index in [4.69, 9.17) is 9.47 Å². The third kappa shape index (κ3) is 4.90. The molecule has 1 atom stereocenters. The van der Waals surface area contributed by atoms with Crippen molar-refractivity contribution in [1.82, 2.24) is 14.2 Å². The van der Waals surface area contributed by atoms with Gasteiger partial charge in [0.15, 0.2) is 11.5 Å². The standard InChI is InChI=1S/C28H33N3O6S/c1-18(19-9-12-25-26(15-19)37-14-13-36-25)29-28(33)23-17-30(2)24-11-10-21(16-22(24)27(23)32)38(34,35)31(3)20-7-5-4-6-8-20/h9-12,15-18,20H,4-8,13-14H2,1-3H3,(H,29,33). The number of hydrogen-bond acceptors (Lipinski definition) is 6. The SMILES string of the molecule is CC(NC(=O)c1cn(C)c2ccc(S(=O)(=O)N(C)C3CCCCC3)cc2c1=O)c1ccc2c(c1)OCCO2. The molecule has 0 saturated heterocycles. The quantitative estimate of drug-likeness (QED) is 0.511. The van der Waals surface area contributed by atoms with Crippen LogP contribution in [-0.2, 0) is 17.1 Å². The highest BCUT2D eigenvalue weighted by atomic mass is 32.2. The zero-order valence-corrected chi connectivity index (χ0v) is 22.7. The molecule has 2 aliphatic rings. The van der Waals surface area contributed by atoms with Crippen molar-refractivity contribution >= 4 is 26.8 Å². The summed E-state index contributed by atoms with van der Waals surface area (Å²) in [7, 11) is -0.458. The van der Waals surface area contributed by atoms with E-state index in [0.29, 0.717) is 30.2 Å². The first-order valence-electron chi connectivity index (χ1n) is 13.0. The molecule has 10 heteroatoms. The lowest BCUT2D eigenvalue weighted by atomic mass is 9.96. The van der Waals surface area contributed by atoms with Gasteiger partial charge in [-0.15, -0.1) is 0 Å². The van der Waals surface area contributed by atoms with Gasteiger partial charge in [-0.2, -0.15) is 4.31 Å².